The maximum absolute atomic E-state index is 13.0. The van der Waals surface area contributed by atoms with Crippen LogP contribution >= 0.6 is 0 Å². The van der Waals surface area contributed by atoms with Gasteiger partial charge in [0.05, 0.1) is 11.5 Å². The third-order valence-corrected chi connectivity index (χ3v) is 7.68. The van der Waals surface area contributed by atoms with Gasteiger partial charge in [0.2, 0.25) is 10.0 Å². The summed E-state index contributed by atoms with van der Waals surface area (Å²) in [6.07, 6.45) is 2.78. The molecular formula is C24H27N3O5S. The highest BCUT2D eigenvalue weighted by Crippen LogP contribution is 2.27. The summed E-state index contributed by atoms with van der Waals surface area (Å²) < 4.78 is 38.2. The minimum absolute atomic E-state index is 0.0140. The Hall–Kier alpha value is -3.17. The second-order valence-electron chi connectivity index (χ2n) is 7.97. The van der Waals surface area contributed by atoms with Crippen LogP contribution in [0.3, 0.4) is 0 Å². The molecule has 4 rings (SSSR count). The Morgan fingerprint density at radius 3 is 2.55 bits per heavy atom. The second-order valence-corrected chi connectivity index (χ2v) is 9.86. The van der Waals surface area contributed by atoms with Crippen LogP contribution in [0.5, 0.6) is 5.75 Å². The molecule has 1 aliphatic rings. The van der Waals surface area contributed by atoms with Gasteiger partial charge in [-0.2, -0.15) is 4.31 Å². The van der Waals surface area contributed by atoms with Gasteiger partial charge in [-0.3, -0.25) is 4.79 Å². The fraction of sp³-hybridized carbons (Fsp3) is 0.333. The lowest BCUT2D eigenvalue weighted by atomic mass is 10.1. The lowest BCUT2D eigenvalue weighted by Gasteiger charge is -2.32. The molecule has 1 atom stereocenters. The first-order valence-corrected chi connectivity index (χ1v) is 12.5. The number of hydrogen-bond donors (Lipinski definition) is 1. The van der Waals surface area contributed by atoms with Gasteiger partial charge in [0.25, 0.3) is 5.91 Å². The van der Waals surface area contributed by atoms with Crippen molar-refractivity contribution in [3.05, 3.63) is 60.3 Å². The van der Waals surface area contributed by atoms with Gasteiger partial charge in [0, 0.05) is 29.9 Å². The number of sulfonamides is 1. The smallest absolute Gasteiger partial charge is 0.277 e. The molecule has 1 unspecified atom stereocenters. The lowest BCUT2D eigenvalue weighted by Crippen LogP contribution is -2.41. The number of ether oxygens (including phenoxy) is 1. The van der Waals surface area contributed by atoms with Gasteiger partial charge in [-0.25, -0.2) is 8.42 Å². The number of benzene rings is 2. The van der Waals surface area contributed by atoms with E-state index in [-0.39, 0.29) is 16.6 Å². The molecule has 0 radical (unpaired) electrons. The topological polar surface area (TPSA) is 102 Å². The number of rotatable bonds is 7. The van der Waals surface area contributed by atoms with Crippen molar-refractivity contribution in [2.45, 2.75) is 44.0 Å². The van der Waals surface area contributed by atoms with Crippen LogP contribution in [0.25, 0.3) is 11.3 Å². The number of amides is 1. The number of hydrogen-bond acceptors (Lipinski definition) is 6. The number of aromatic nitrogens is 1. The van der Waals surface area contributed by atoms with Crippen molar-refractivity contribution in [1.82, 2.24) is 9.46 Å². The molecule has 1 saturated heterocycles. The lowest BCUT2D eigenvalue weighted by molar-refractivity contribution is 0.101. The molecule has 1 fully saturated rings. The minimum Gasteiger partial charge on any atom is -0.494 e. The summed E-state index contributed by atoms with van der Waals surface area (Å²) in [6, 6.07) is 15.0. The third kappa shape index (κ3) is 5.09. The van der Waals surface area contributed by atoms with Crippen molar-refractivity contribution in [1.29, 1.82) is 0 Å². The van der Waals surface area contributed by atoms with Crippen LogP contribution < -0.4 is 10.1 Å². The summed E-state index contributed by atoms with van der Waals surface area (Å²) in [6.45, 7) is 4.96. The maximum atomic E-state index is 13.0. The summed E-state index contributed by atoms with van der Waals surface area (Å²) in [4.78, 5) is 12.8. The molecule has 2 heterocycles. The number of nitrogens with one attached hydrogen (secondary N) is 1. The standard InChI is InChI=1S/C24H27N3O5S/c1-3-31-20-11-7-18(8-12-20)23-16-22(26-32-23)24(28)25-19-9-13-21(14-10-19)33(29,30)27-15-5-4-6-17(27)2/h7-14,16-17H,3-6,15H2,1-2H3,(H,25,28). The Balaban J connectivity index is 1.43. The van der Waals surface area contributed by atoms with E-state index in [0.717, 1.165) is 30.6 Å². The fourth-order valence-electron chi connectivity index (χ4n) is 3.87. The van der Waals surface area contributed by atoms with E-state index in [2.05, 4.69) is 10.5 Å². The first-order chi connectivity index (χ1) is 15.9. The minimum atomic E-state index is -3.56. The van der Waals surface area contributed by atoms with E-state index in [1.165, 1.54) is 12.1 Å². The Bertz CT molecular complexity index is 1200. The zero-order valence-corrected chi connectivity index (χ0v) is 19.5. The highest BCUT2D eigenvalue weighted by Gasteiger charge is 2.30. The highest BCUT2D eigenvalue weighted by atomic mass is 32.2. The molecule has 0 spiro atoms. The summed E-state index contributed by atoms with van der Waals surface area (Å²) in [7, 11) is -3.56. The van der Waals surface area contributed by atoms with E-state index >= 15 is 0 Å². The van der Waals surface area contributed by atoms with Crippen molar-refractivity contribution >= 4 is 21.6 Å². The van der Waals surface area contributed by atoms with Crippen LogP contribution in [0.4, 0.5) is 5.69 Å². The average molecular weight is 470 g/mol. The average Bonchev–Trinajstić information content (AvgIpc) is 3.31. The zero-order valence-electron chi connectivity index (χ0n) is 18.7. The van der Waals surface area contributed by atoms with Crippen molar-refractivity contribution < 1.29 is 22.5 Å². The molecule has 9 heteroatoms. The molecule has 1 aromatic heterocycles. The van der Waals surface area contributed by atoms with Crippen molar-refractivity contribution in [2.24, 2.45) is 0 Å². The summed E-state index contributed by atoms with van der Waals surface area (Å²) in [5.41, 5.74) is 1.36. The fourth-order valence-corrected chi connectivity index (χ4v) is 5.57. The van der Waals surface area contributed by atoms with Gasteiger partial charge >= 0.3 is 0 Å². The number of carbonyl (C=O) groups is 1. The molecule has 174 valence electrons. The summed E-state index contributed by atoms with van der Waals surface area (Å²) in [5, 5.41) is 6.58. The molecule has 1 aliphatic heterocycles. The first kappa shape index (κ1) is 23.0. The molecule has 1 amide bonds. The molecule has 33 heavy (non-hydrogen) atoms. The van der Waals surface area contributed by atoms with Gasteiger partial charge in [0.1, 0.15) is 5.75 Å². The van der Waals surface area contributed by atoms with Gasteiger partial charge in [0.15, 0.2) is 11.5 Å². The van der Waals surface area contributed by atoms with Gasteiger partial charge < -0.3 is 14.6 Å². The van der Waals surface area contributed by atoms with Crippen LogP contribution in [-0.2, 0) is 10.0 Å². The van der Waals surface area contributed by atoms with Crippen molar-refractivity contribution in [3.8, 4) is 17.1 Å². The monoisotopic (exact) mass is 469 g/mol. The Kier molecular flexibility index (Phi) is 6.80. The van der Waals surface area contributed by atoms with Crippen molar-refractivity contribution in [2.75, 3.05) is 18.5 Å². The van der Waals surface area contributed by atoms with Gasteiger partial charge in [-0.05, 0) is 75.2 Å². The molecule has 0 aliphatic carbocycles. The molecule has 0 saturated carbocycles. The number of anilines is 1. The largest absolute Gasteiger partial charge is 0.494 e. The normalized spacial score (nSPS) is 17.0. The van der Waals surface area contributed by atoms with Crippen LogP contribution in [0.1, 0.15) is 43.6 Å². The van der Waals surface area contributed by atoms with Crippen LogP contribution in [0, 0.1) is 0 Å². The Morgan fingerprint density at radius 2 is 1.88 bits per heavy atom. The quantitative estimate of drug-likeness (QED) is 0.544. The number of carbonyl (C=O) groups excluding carboxylic acids is 1. The highest BCUT2D eigenvalue weighted by molar-refractivity contribution is 7.89. The predicted octanol–water partition coefficient (Wildman–Crippen LogP) is 4.56. The van der Waals surface area contributed by atoms with Crippen LogP contribution in [-0.4, -0.2) is 43.0 Å². The predicted molar refractivity (Wildman–Crippen MR) is 125 cm³/mol. The molecule has 0 bridgehead atoms. The third-order valence-electron chi connectivity index (χ3n) is 5.65. The number of piperidine rings is 1. The van der Waals surface area contributed by atoms with E-state index in [4.69, 9.17) is 9.26 Å². The molecule has 8 nitrogen and oxygen atoms in total. The SMILES string of the molecule is CCOc1ccc(-c2cc(C(=O)Nc3ccc(S(=O)(=O)N4CCCCC4C)cc3)no2)cc1. The summed E-state index contributed by atoms with van der Waals surface area (Å²) >= 11 is 0. The van der Waals surface area contributed by atoms with Gasteiger partial charge in [-0.15, -0.1) is 0 Å². The molecule has 1 N–H and O–H groups in total. The number of nitrogens with zero attached hydrogens (tertiary/aromatic N) is 2. The summed E-state index contributed by atoms with van der Waals surface area (Å²) in [5.74, 6) is 0.760. The van der Waals surface area contributed by atoms with Crippen LogP contribution in [0.2, 0.25) is 0 Å². The first-order valence-electron chi connectivity index (χ1n) is 11.0. The molecule has 2 aromatic carbocycles. The second kappa shape index (κ2) is 9.76. The zero-order chi connectivity index (χ0) is 23.4. The Morgan fingerprint density at radius 1 is 1.15 bits per heavy atom. The molecule has 3 aromatic rings. The van der Waals surface area contributed by atoms with Gasteiger partial charge in [-0.1, -0.05) is 11.6 Å². The van der Waals surface area contributed by atoms with E-state index in [0.29, 0.717) is 24.6 Å². The van der Waals surface area contributed by atoms with E-state index in [9.17, 15) is 13.2 Å². The van der Waals surface area contributed by atoms with Crippen LogP contribution in [0.15, 0.2) is 64.0 Å². The van der Waals surface area contributed by atoms with Crippen molar-refractivity contribution in [3.63, 3.8) is 0 Å². The van der Waals surface area contributed by atoms with E-state index < -0.39 is 15.9 Å². The van der Waals surface area contributed by atoms with E-state index in [1.807, 2.05) is 38.1 Å². The van der Waals surface area contributed by atoms with E-state index in [1.54, 1.807) is 22.5 Å². The molecular weight excluding hydrogens is 442 g/mol. The Labute approximate surface area is 193 Å². The maximum Gasteiger partial charge on any atom is 0.277 e.